The maximum Gasteiger partial charge on any atom is 0.302 e. The van der Waals surface area contributed by atoms with Gasteiger partial charge in [0.25, 0.3) is 0 Å². The first-order chi connectivity index (χ1) is 19.0. The third kappa shape index (κ3) is 4.86. The Labute approximate surface area is 243 Å². The molecule has 1 saturated heterocycles. The predicted octanol–water partition coefficient (Wildman–Crippen LogP) is 7.55. The minimum absolute atomic E-state index is 0.0505. The maximum atomic E-state index is 12.5. The molecule has 0 aromatic carbocycles. The molecule has 0 bridgehead atoms. The molecule has 0 amide bonds. The van der Waals surface area contributed by atoms with E-state index in [2.05, 4.69) is 25.7 Å². The van der Waals surface area contributed by atoms with Crippen LogP contribution >= 0.6 is 0 Å². The van der Waals surface area contributed by atoms with Crippen molar-refractivity contribution in [3.05, 3.63) is 0 Å². The zero-order valence-electron chi connectivity index (χ0n) is 26.2. The van der Waals surface area contributed by atoms with Gasteiger partial charge in [0, 0.05) is 31.2 Å². The number of likely N-dealkylation sites (tertiary alicyclic amines) is 1. The molecule has 0 unspecified atom stereocenters. The number of hydrogen-bond donors (Lipinski definition) is 0. The molecule has 40 heavy (non-hydrogen) atoms. The van der Waals surface area contributed by atoms with Crippen LogP contribution in [0.4, 0.5) is 0 Å². The van der Waals surface area contributed by atoms with Crippen molar-refractivity contribution in [2.75, 3.05) is 13.1 Å². The molecule has 5 nitrogen and oxygen atoms in total. The Bertz CT molecular complexity index is 953. The van der Waals surface area contributed by atoms with Gasteiger partial charge in [-0.15, -0.1) is 0 Å². The number of hydrogen-bond acceptors (Lipinski definition) is 5. The summed E-state index contributed by atoms with van der Waals surface area (Å²) in [5, 5.41) is 0. The highest BCUT2D eigenvalue weighted by Gasteiger charge is 2.66. The summed E-state index contributed by atoms with van der Waals surface area (Å²) in [7, 11) is 0. The lowest BCUT2D eigenvalue weighted by Gasteiger charge is -2.62. The standard InChI is InChI=1S/C35H57NO4/c1-23(37)39-31-20-25-12-13-26-27(35(25,5)22-30(31)36-18-10-7-11-19-36)14-17-34(4)28(26)21-29(32(34)40-24(2)38)33(3)15-8-6-9-16-33/h25-32H,6-22H2,1-5H3/t25-,26+,27-,28-,29-,30-,31-,32-,34-,35-/m0/s1. The van der Waals surface area contributed by atoms with Crippen molar-refractivity contribution in [2.24, 2.45) is 45.8 Å². The van der Waals surface area contributed by atoms with E-state index in [1.807, 2.05) is 0 Å². The van der Waals surface area contributed by atoms with Gasteiger partial charge in [-0.1, -0.05) is 46.5 Å². The van der Waals surface area contributed by atoms with Gasteiger partial charge in [-0.2, -0.15) is 0 Å². The molecule has 6 fully saturated rings. The Balaban J connectivity index is 1.29. The van der Waals surface area contributed by atoms with E-state index >= 15 is 0 Å². The van der Waals surface area contributed by atoms with Gasteiger partial charge in [-0.3, -0.25) is 14.5 Å². The summed E-state index contributed by atoms with van der Waals surface area (Å²) in [6, 6.07) is 0.365. The number of carbonyl (C=O) groups is 2. The van der Waals surface area contributed by atoms with Crippen LogP contribution in [0.2, 0.25) is 0 Å². The first-order valence-corrected chi connectivity index (χ1v) is 17.1. The fourth-order valence-corrected chi connectivity index (χ4v) is 12.0. The van der Waals surface area contributed by atoms with Gasteiger partial charge in [-0.05, 0) is 118 Å². The molecule has 5 saturated carbocycles. The smallest absolute Gasteiger partial charge is 0.302 e. The van der Waals surface area contributed by atoms with E-state index in [0.717, 1.165) is 31.3 Å². The van der Waals surface area contributed by atoms with E-state index in [4.69, 9.17) is 9.47 Å². The van der Waals surface area contributed by atoms with Crippen LogP contribution in [0.3, 0.4) is 0 Å². The van der Waals surface area contributed by atoms with Crippen molar-refractivity contribution in [1.82, 2.24) is 4.90 Å². The van der Waals surface area contributed by atoms with Crippen LogP contribution in [0, 0.1) is 45.8 Å². The van der Waals surface area contributed by atoms with Gasteiger partial charge in [0.15, 0.2) is 0 Å². The Hall–Kier alpha value is -1.10. The summed E-state index contributed by atoms with van der Waals surface area (Å²) in [6.07, 6.45) is 19.1. The summed E-state index contributed by atoms with van der Waals surface area (Å²) in [6.45, 7) is 13.2. The highest BCUT2D eigenvalue weighted by molar-refractivity contribution is 5.66. The molecular weight excluding hydrogens is 498 g/mol. The van der Waals surface area contributed by atoms with Crippen LogP contribution in [0.15, 0.2) is 0 Å². The molecule has 1 heterocycles. The lowest BCUT2D eigenvalue weighted by Crippen LogP contribution is -2.61. The van der Waals surface area contributed by atoms with Crippen molar-refractivity contribution in [3.8, 4) is 0 Å². The molecule has 6 aliphatic rings. The van der Waals surface area contributed by atoms with Crippen molar-refractivity contribution in [1.29, 1.82) is 0 Å². The molecule has 5 aliphatic carbocycles. The fourth-order valence-electron chi connectivity index (χ4n) is 12.0. The normalized spacial score (nSPS) is 46.9. The van der Waals surface area contributed by atoms with Gasteiger partial charge in [0.2, 0.25) is 0 Å². The molecule has 0 N–H and O–H groups in total. The minimum atomic E-state index is -0.109. The van der Waals surface area contributed by atoms with Crippen molar-refractivity contribution in [3.63, 3.8) is 0 Å². The second-order valence-electron chi connectivity index (χ2n) is 16.0. The Morgan fingerprint density at radius 2 is 1.38 bits per heavy atom. The average Bonchev–Trinajstić information content (AvgIpc) is 3.21. The van der Waals surface area contributed by atoms with E-state index in [1.165, 1.54) is 89.9 Å². The quantitative estimate of drug-likeness (QED) is 0.335. The Morgan fingerprint density at radius 1 is 0.700 bits per heavy atom. The van der Waals surface area contributed by atoms with Crippen LogP contribution in [-0.4, -0.2) is 48.2 Å². The van der Waals surface area contributed by atoms with Crippen LogP contribution in [-0.2, 0) is 19.1 Å². The highest BCUT2D eigenvalue weighted by Crippen LogP contribution is 2.70. The third-order valence-electron chi connectivity index (χ3n) is 14.0. The maximum absolute atomic E-state index is 12.5. The zero-order chi connectivity index (χ0) is 28.3. The summed E-state index contributed by atoms with van der Waals surface area (Å²) in [5.74, 6) is 3.05. The molecular formula is C35H57NO4. The molecule has 0 aromatic rings. The molecule has 0 aromatic heterocycles. The number of nitrogens with zero attached hydrogens (tertiary/aromatic N) is 1. The van der Waals surface area contributed by atoms with Gasteiger partial charge in [-0.25, -0.2) is 0 Å². The molecule has 0 spiro atoms. The number of rotatable bonds is 4. The minimum Gasteiger partial charge on any atom is -0.462 e. The second kappa shape index (κ2) is 10.9. The lowest BCUT2D eigenvalue weighted by molar-refractivity contribution is -0.180. The van der Waals surface area contributed by atoms with E-state index in [0.29, 0.717) is 34.6 Å². The van der Waals surface area contributed by atoms with Gasteiger partial charge in [0.05, 0.1) is 0 Å². The fraction of sp³-hybridized carbons (Fsp3) is 0.943. The first kappa shape index (κ1) is 29.0. The SMILES string of the molecule is CC(=O)O[C@H]1C[C@@H]2CC[C@@H]3[C@H](CC[C@@]4(C)[C@H]3C[C@H](C3(C)CCCCC3)[C@@H]4OC(C)=O)[C@@]2(C)C[C@@H]1N1CCCCC1. The van der Waals surface area contributed by atoms with Crippen LogP contribution in [0.5, 0.6) is 0 Å². The largest absolute Gasteiger partial charge is 0.462 e. The first-order valence-electron chi connectivity index (χ1n) is 17.1. The van der Waals surface area contributed by atoms with Crippen molar-refractivity contribution < 1.29 is 19.1 Å². The summed E-state index contributed by atoms with van der Waals surface area (Å²) < 4.78 is 12.5. The average molecular weight is 556 g/mol. The van der Waals surface area contributed by atoms with Crippen LogP contribution in [0.1, 0.15) is 131 Å². The predicted molar refractivity (Wildman–Crippen MR) is 157 cm³/mol. The highest BCUT2D eigenvalue weighted by atomic mass is 16.5. The summed E-state index contributed by atoms with van der Waals surface area (Å²) in [4.78, 5) is 27.4. The number of ether oxygens (including phenoxy) is 2. The number of carbonyl (C=O) groups excluding carboxylic acids is 2. The number of piperidine rings is 1. The van der Waals surface area contributed by atoms with Crippen LogP contribution < -0.4 is 0 Å². The van der Waals surface area contributed by atoms with Gasteiger partial charge in [0.1, 0.15) is 12.2 Å². The molecule has 6 rings (SSSR count). The Morgan fingerprint density at radius 3 is 2.05 bits per heavy atom. The third-order valence-corrected chi connectivity index (χ3v) is 14.0. The zero-order valence-corrected chi connectivity index (χ0v) is 26.2. The molecule has 226 valence electrons. The molecule has 0 radical (unpaired) electrons. The van der Waals surface area contributed by atoms with Gasteiger partial charge >= 0.3 is 11.9 Å². The van der Waals surface area contributed by atoms with Crippen molar-refractivity contribution >= 4 is 11.9 Å². The Kier molecular flexibility index (Phi) is 7.88. The lowest BCUT2D eigenvalue weighted by atomic mass is 9.44. The molecule has 5 heteroatoms. The molecule has 1 aliphatic heterocycles. The monoisotopic (exact) mass is 555 g/mol. The van der Waals surface area contributed by atoms with E-state index in [9.17, 15) is 9.59 Å². The van der Waals surface area contributed by atoms with E-state index < -0.39 is 0 Å². The molecule has 10 atom stereocenters. The topological polar surface area (TPSA) is 55.8 Å². The van der Waals surface area contributed by atoms with Crippen molar-refractivity contribution in [2.45, 2.75) is 149 Å². The number of fused-ring (bicyclic) bond motifs is 5. The van der Waals surface area contributed by atoms with Gasteiger partial charge < -0.3 is 9.47 Å². The summed E-state index contributed by atoms with van der Waals surface area (Å²) >= 11 is 0. The van der Waals surface area contributed by atoms with Crippen LogP contribution in [0.25, 0.3) is 0 Å². The van der Waals surface area contributed by atoms with E-state index in [1.54, 1.807) is 13.8 Å². The van der Waals surface area contributed by atoms with E-state index in [-0.39, 0.29) is 29.6 Å². The second-order valence-corrected chi connectivity index (χ2v) is 16.0. The number of esters is 2. The summed E-state index contributed by atoms with van der Waals surface area (Å²) in [5.41, 5.74) is 0.700.